The largest absolute Gasteiger partial charge is 0.469 e. The van der Waals surface area contributed by atoms with Gasteiger partial charge in [-0.05, 0) is 31.9 Å². The molecule has 2 N–H and O–H groups in total. The first kappa shape index (κ1) is 17.5. The van der Waals surface area contributed by atoms with Gasteiger partial charge in [0, 0.05) is 32.0 Å². The maximum absolute atomic E-state index is 5.39. The summed E-state index contributed by atoms with van der Waals surface area (Å²) in [6, 6.07) is 4.24. The van der Waals surface area contributed by atoms with Crippen molar-refractivity contribution in [2.45, 2.75) is 58.5 Å². The second kappa shape index (κ2) is 8.69. The molecule has 1 aliphatic rings. The van der Waals surface area contributed by atoms with E-state index >= 15 is 0 Å². The molecule has 136 valence electrons. The van der Waals surface area contributed by atoms with Crippen LogP contribution in [-0.2, 0) is 19.4 Å². The Morgan fingerprint density at radius 2 is 2.40 bits per heavy atom. The first-order chi connectivity index (χ1) is 12.2. The molecular weight excluding hydrogens is 316 g/mol. The molecule has 0 radical (unpaired) electrons. The zero-order valence-corrected chi connectivity index (χ0v) is 15.2. The summed E-state index contributed by atoms with van der Waals surface area (Å²) in [6.45, 7) is 6.60. The number of hydrogen-bond donors (Lipinski definition) is 2. The van der Waals surface area contributed by atoms with E-state index in [9.17, 15) is 0 Å². The summed E-state index contributed by atoms with van der Waals surface area (Å²) in [4.78, 5) is 9.18. The van der Waals surface area contributed by atoms with E-state index in [0.717, 1.165) is 75.1 Å². The topological polar surface area (TPSA) is 80.3 Å². The third-order valence-corrected chi connectivity index (χ3v) is 4.33. The lowest BCUT2D eigenvalue weighted by atomic mass is 10.1. The van der Waals surface area contributed by atoms with Crippen molar-refractivity contribution < 1.29 is 4.42 Å². The number of aryl methyl sites for hydroxylation is 2. The molecular formula is C18H28N6O. The lowest BCUT2D eigenvalue weighted by Gasteiger charge is -2.25. The Balaban J connectivity index is 1.54. The molecule has 3 heterocycles. The first-order valence-electron chi connectivity index (χ1n) is 9.22. The first-order valence-corrected chi connectivity index (χ1v) is 9.22. The fourth-order valence-corrected chi connectivity index (χ4v) is 3.01. The van der Waals surface area contributed by atoms with E-state index in [1.807, 2.05) is 23.7 Å². The predicted octanol–water partition coefficient (Wildman–Crippen LogP) is 2.07. The number of nitrogens with one attached hydrogen (secondary N) is 2. The molecule has 7 heteroatoms. The van der Waals surface area contributed by atoms with E-state index in [1.165, 1.54) is 0 Å². The van der Waals surface area contributed by atoms with Gasteiger partial charge in [-0.2, -0.15) is 5.10 Å². The van der Waals surface area contributed by atoms with Crippen molar-refractivity contribution in [3.05, 3.63) is 35.8 Å². The molecule has 0 bridgehead atoms. The zero-order valence-electron chi connectivity index (χ0n) is 15.2. The summed E-state index contributed by atoms with van der Waals surface area (Å²) in [7, 11) is 0. The maximum atomic E-state index is 5.39. The molecule has 1 unspecified atom stereocenters. The smallest absolute Gasteiger partial charge is 0.191 e. The van der Waals surface area contributed by atoms with Gasteiger partial charge in [0.15, 0.2) is 5.96 Å². The molecule has 0 saturated carbocycles. The lowest BCUT2D eigenvalue weighted by molar-refractivity contribution is 0.392. The van der Waals surface area contributed by atoms with Gasteiger partial charge in [0.2, 0.25) is 0 Å². The fraction of sp³-hybridized carbons (Fsp3) is 0.611. The molecule has 0 amide bonds. The average molecular weight is 344 g/mol. The number of rotatable bonds is 7. The third-order valence-electron chi connectivity index (χ3n) is 4.33. The van der Waals surface area contributed by atoms with Crippen molar-refractivity contribution in [2.24, 2.45) is 4.99 Å². The van der Waals surface area contributed by atoms with Gasteiger partial charge in [0.25, 0.3) is 0 Å². The fourth-order valence-electron chi connectivity index (χ4n) is 3.01. The Morgan fingerprint density at radius 1 is 1.48 bits per heavy atom. The molecule has 1 atom stereocenters. The molecule has 0 aromatic carbocycles. The highest BCUT2D eigenvalue weighted by atomic mass is 16.3. The molecule has 0 saturated heterocycles. The molecule has 0 fully saturated rings. The van der Waals surface area contributed by atoms with Crippen molar-refractivity contribution in [1.82, 2.24) is 25.4 Å². The monoisotopic (exact) mass is 344 g/mol. The van der Waals surface area contributed by atoms with Crippen molar-refractivity contribution >= 4 is 5.96 Å². The number of guanidine groups is 1. The third kappa shape index (κ3) is 5.08. The van der Waals surface area contributed by atoms with Crippen LogP contribution in [0.1, 0.15) is 43.6 Å². The van der Waals surface area contributed by atoms with Crippen LogP contribution in [0.4, 0.5) is 0 Å². The van der Waals surface area contributed by atoms with Gasteiger partial charge in [-0.15, -0.1) is 0 Å². The Bertz CT molecular complexity index is 676. The normalized spacial score (nSPS) is 17.4. The summed E-state index contributed by atoms with van der Waals surface area (Å²) >= 11 is 0. The highest BCUT2D eigenvalue weighted by Crippen LogP contribution is 2.12. The Labute approximate surface area is 148 Å². The molecule has 25 heavy (non-hydrogen) atoms. The minimum Gasteiger partial charge on any atom is -0.469 e. The zero-order chi connectivity index (χ0) is 17.5. The van der Waals surface area contributed by atoms with Gasteiger partial charge in [-0.3, -0.25) is 4.99 Å². The van der Waals surface area contributed by atoms with Crippen LogP contribution in [0.3, 0.4) is 0 Å². The minimum absolute atomic E-state index is 0.324. The summed E-state index contributed by atoms with van der Waals surface area (Å²) in [5, 5.41) is 11.5. The van der Waals surface area contributed by atoms with Crippen LogP contribution >= 0.6 is 0 Å². The Morgan fingerprint density at radius 3 is 3.20 bits per heavy atom. The molecule has 1 aliphatic heterocycles. The van der Waals surface area contributed by atoms with E-state index in [4.69, 9.17) is 9.41 Å². The SMILES string of the molecule is CCCCN=C(NCCc1ccco1)NC1CCc2nc(C)nn2C1. The van der Waals surface area contributed by atoms with E-state index < -0.39 is 0 Å². The Hall–Kier alpha value is -2.31. The number of fused-ring (bicyclic) bond motifs is 1. The van der Waals surface area contributed by atoms with Gasteiger partial charge in [-0.1, -0.05) is 13.3 Å². The predicted molar refractivity (Wildman–Crippen MR) is 97.6 cm³/mol. The van der Waals surface area contributed by atoms with Crippen molar-refractivity contribution in [2.75, 3.05) is 13.1 Å². The van der Waals surface area contributed by atoms with Crippen molar-refractivity contribution in [3.63, 3.8) is 0 Å². The van der Waals surface area contributed by atoms with E-state index in [2.05, 4.69) is 27.6 Å². The number of aromatic nitrogens is 3. The number of unbranched alkanes of at least 4 members (excludes halogenated alkanes) is 1. The van der Waals surface area contributed by atoms with Gasteiger partial charge in [-0.25, -0.2) is 9.67 Å². The minimum atomic E-state index is 0.324. The molecule has 2 aromatic heterocycles. The number of nitrogens with zero attached hydrogens (tertiary/aromatic N) is 4. The van der Waals surface area contributed by atoms with Crippen LogP contribution < -0.4 is 10.6 Å². The van der Waals surface area contributed by atoms with Crippen LogP contribution in [0.5, 0.6) is 0 Å². The van der Waals surface area contributed by atoms with Crippen molar-refractivity contribution in [3.8, 4) is 0 Å². The lowest BCUT2D eigenvalue weighted by Crippen LogP contribution is -2.47. The summed E-state index contributed by atoms with van der Waals surface area (Å²) in [6.07, 6.45) is 6.80. The van der Waals surface area contributed by atoms with Crippen molar-refractivity contribution in [1.29, 1.82) is 0 Å². The molecule has 3 rings (SSSR count). The van der Waals surface area contributed by atoms with E-state index in [1.54, 1.807) is 6.26 Å². The van der Waals surface area contributed by atoms with E-state index in [0.29, 0.717) is 6.04 Å². The van der Waals surface area contributed by atoms with Crippen LogP contribution in [0.15, 0.2) is 27.8 Å². The standard InChI is InChI=1S/C18H28N6O/c1-3-4-10-19-18(20-11-9-16-6-5-12-25-16)22-15-7-8-17-21-14(2)23-24(17)13-15/h5-6,12,15H,3-4,7-11,13H2,1-2H3,(H2,19,20,22). The molecule has 2 aromatic rings. The van der Waals surface area contributed by atoms with Gasteiger partial charge >= 0.3 is 0 Å². The van der Waals surface area contributed by atoms with E-state index in [-0.39, 0.29) is 0 Å². The molecule has 0 spiro atoms. The number of furan rings is 1. The summed E-state index contributed by atoms with van der Waals surface area (Å²) < 4.78 is 7.40. The van der Waals surface area contributed by atoms with Crippen LogP contribution in [0.25, 0.3) is 0 Å². The quantitative estimate of drug-likeness (QED) is 0.457. The maximum Gasteiger partial charge on any atom is 0.191 e. The van der Waals surface area contributed by atoms with Crippen LogP contribution in [0.2, 0.25) is 0 Å². The van der Waals surface area contributed by atoms with Crippen LogP contribution in [-0.4, -0.2) is 39.9 Å². The van der Waals surface area contributed by atoms with Crippen LogP contribution in [0, 0.1) is 6.92 Å². The van der Waals surface area contributed by atoms with Gasteiger partial charge in [0.05, 0.1) is 12.8 Å². The number of aliphatic imine (C=N–C) groups is 1. The summed E-state index contributed by atoms with van der Waals surface area (Å²) in [5.41, 5.74) is 0. The van der Waals surface area contributed by atoms with Gasteiger partial charge < -0.3 is 15.1 Å². The molecule has 0 aliphatic carbocycles. The van der Waals surface area contributed by atoms with Gasteiger partial charge in [0.1, 0.15) is 17.4 Å². The average Bonchev–Trinajstić information content (AvgIpc) is 3.23. The highest BCUT2D eigenvalue weighted by molar-refractivity contribution is 5.80. The molecule has 7 nitrogen and oxygen atoms in total. The second-order valence-corrected chi connectivity index (χ2v) is 6.48. The summed E-state index contributed by atoms with van der Waals surface area (Å²) in [5.74, 6) is 3.81. The Kier molecular flexibility index (Phi) is 6.09. The highest BCUT2D eigenvalue weighted by Gasteiger charge is 2.21. The number of hydrogen-bond acceptors (Lipinski definition) is 4. The second-order valence-electron chi connectivity index (χ2n) is 6.48.